The molecule has 1 aromatic heterocycles. The van der Waals surface area contributed by atoms with Crippen molar-refractivity contribution < 1.29 is 9.90 Å². The van der Waals surface area contributed by atoms with Crippen LogP contribution in [0.2, 0.25) is 0 Å². The van der Waals surface area contributed by atoms with Crippen LogP contribution in [0.3, 0.4) is 0 Å². The molecule has 19 heavy (non-hydrogen) atoms. The molecule has 0 bridgehead atoms. The Morgan fingerprint density at radius 3 is 2.84 bits per heavy atom. The van der Waals surface area contributed by atoms with E-state index in [1.54, 1.807) is 20.0 Å². The van der Waals surface area contributed by atoms with Gasteiger partial charge in [0.25, 0.3) is 0 Å². The van der Waals surface area contributed by atoms with Crippen molar-refractivity contribution in [2.24, 2.45) is 0 Å². The number of hydrogen-bond donors (Lipinski definition) is 4. The monoisotopic (exact) mass is 282 g/mol. The molecule has 4 N–H and O–H groups in total. The Bertz CT molecular complexity index is 503. The summed E-state index contributed by atoms with van der Waals surface area (Å²) in [6.45, 7) is 3.61. The zero-order chi connectivity index (χ0) is 14.4. The van der Waals surface area contributed by atoms with E-state index in [0.717, 1.165) is 0 Å². The molecular formula is C12H18N4O2S. The molecule has 104 valence electrons. The first-order chi connectivity index (χ1) is 8.95. The van der Waals surface area contributed by atoms with Crippen LogP contribution in [0.5, 0.6) is 0 Å². The van der Waals surface area contributed by atoms with Gasteiger partial charge in [0.1, 0.15) is 11.6 Å². The van der Waals surface area contributed by atoms with Crippen molar-refractivity contribution in [3.8, 4) is 0 Å². The van der Waals surface area contributed by atoms with Crippen molar-refractivity contribution in [1.82, 2.24) is 15.3 Å². The zero-order valence-corrected chi connectivity index (χ0v) is 11.9. The maximum atomic E-state index is 11.8. The van der Waals surface area contributed by atoms with Gasteiger partial charge in [0.05, 0.1) is 0 Å². The van der Waals surface area contributed by atoms with Crippen molar-refractivity contribution in [3.63, 3.8) is 0 Å². The number of aryl methyl sites for hydroxylation is 1. The number of nitrogens with zero attached hydrogens (tertiary/aromatic N) is 2. The van der Waals surface area contributed by atoms with Gasteiger partial charge in [-0.25, -0.2) is 9.97 Å². The summed E-state index contributed by atoms with van der Waals surface area (Å²) in [4.78, 5) is 20.4. The number of rotatable bonds is 5. The molecule has 0 atom stereocenters. The summed E-state index contributed by atoms with van der Waals surface area (Å²) in [5, 5.41) is 11.5. The molecule has 0 aliphatic carbocycles. The number of carbonyl (C=O) groups is 1. The number of aliphatic hydroxyl groups is 1. The Hall–Kier alpha value is -1.60. The van der Waals surface area contributed by atoms with Crippen molar-refractivity contribution in [1.29, 1.82) is 0 Å². The lowest BCUT2D eigenvalue weighted by Crippen LogP contribution is -2.25. The van der Waals surface area contributed by atoms with Gasteiger partial charge in [-0.15, -0.1) is 12.6 Å². The van der Waals surface area contributed by atoms with Crippen LogP contribution in [-0.2, 0) is 11.3 Å². The van der Waals surface area contributed by atoms with Gasteiger partial charge in [0.15, 0.2) is 0 Å². The second-order valence-electron chi connectivity index (χ2n) is 4.06. The topological polar surface area (TPSA) is 101 Å². The average Bonchev–Trinajstić information content (AvgIpc) is 2.36. The number of nitrogens with two attached hydrogens (primary N) is 1. The largest absolute Gasteiger partial charge is 0.396 e. The van der Waals surface area contributed by atoms with Gasteiger partial charge in [0, 0.05) is 36.9 Å². The van der Waals surface area contributed by atoms with Gasteiger partial charge in [0.2, 0.25) is 5.91 Å². The smallest absolute Gasteiger partial charge is 0.247 e. The van der Waals surface area contributed by atoms with Gasteiger partial charge in [-0.05, 0) is 18.8 Å². The summed E-state index contributed by atoms with van der Waals surface area (Å²) in [5.41, 5.74) is 6.87. The van der Waals surface area contributed by atoms with Gasteiger partial charge >= 0.3 is 0 Å². The SMILES string of the molecule is CC(C(=O)NCc1cnc(C)nc1N)=C(S)CCO. The number of carbonyl (C=O) groups excluding carboxylic acids is 1. The Labute approximate surface area is 117 Å². The van der Waals surface area contributed by atoms with Crippen molar-refractivity contribution >= 4 is 24.4 Å². The Balaban J connectivity index is 2.66. The highest BCUT2D eigenvalue weighted by molar-refractivity contribution is 7.84. The van der Waals surface area contributed by atoms with E-state index < -0.39 is 0 Å². The van der Waals surface area contributed by atoms with Crippen LogP contribution < -0.4 is 11.1 Å². The molecular weight excluding hydrogens is 264 g/mol. The Morgan fingerprint density at radius 1 is 1.58 bits per heavy atom. The third-order valence-corrected chi connectivity index (χ3v) is 3.14. The van der Waals surface area contributed by atoms with E-state index in [4.69, 9.17) is 10.8 Å². The predicted octanol–water partition coefficient (Wildman–Crippen LogP) is 0.570. The molecule has 0 spiro atoms. The minimum Gasteiger partial charge on any atom is -0.396 e. The van der Waals surface area contributed by atoms with Crippen LogP contribution in [0.4, 0.5) is 5.82 Å². The molecule has 0 fully saturated rings. The van der Waals surface area contributed by atoms with Gasteiger partial charge in [-0.2, -0.15) is 0 Å². The van der Waals surface area contributed by atoms with E-state index in [1.165, 1.54) is 0 Å². The number of aromatic nitrogens is 2. The van der Waals surface area contributed by atoms with E-state index in [-0.39, 0.29) is 19.1 Å². The molecule has 0 aliphatic rings. The predicted molar refractivity (Wildman–Crippen MR) is 76.4 cm³/mol. The number of nitrogen functional groups attached to an aromatic ring is 1. The van der Waals surface area contributed by atoms with Crippen molar-refractivity contribution in [2.75, 3.05) is 12.3 Å². The van der Waals surface area contributed by atoms with Crippen LogP contribution in [0.15, 0.2) is 16.7 Å². The maximum absolute atomic E-state index is 11.8. The van der Waals surface area contributed by atoms with Crippen molar-refractivity contribution in [2.45, 2.75) is 26.8 Å². The molecule has 0 saturated carbocycles. The summed E-state index contributed by atoms with van der Waals surface area (Å²) in [6.07, 6.45) is 1.95. The molecule has 0 saturated heterocycles. The van der Waals surface area contributed by atoms with Crippen LogP contribution in [0, 0.1) is 6.92 Å². The van der Waals surface area contributed by atoms with Crippen LogP contribution in [0.25, 0.3) is 0 Å². The van der Waals surface area contributed by atoms with Crippen LogP contribution >= 0.6 is 12.6 Å². The highest BCUT2D eigenvalue weighted by Crippen LogP contribution is 2.13. The van der Waals surface area contributed by atoms with Gasteiger partial charge in [-0.1, -0.05) is 0 Å². The zero-order valence-electron chi connectivity index (χ0n) is 11.0. The number of aliphatic hydroxyl groups excluding tert-OH is 1. The average molecular weight is 282 g/mol. The highest BCUT2D eigenvalue weighted by atomic mass is 32.1. The molecule has 0 radical (unpaired) electrons. The minimum atomic E-state index is -0.251. The third kappa shape index (κ3) is 4.53. The molecule has 1 heterocycles. The number of nitrogens with one attached hydrogen (secondary N) is 1. The summed E-state index contributed by atoms with van der Waals surface area (Å²) in [6, 6.07) is 0. The lowest BCUT2D eigenvalue weighted by molar-refractivity contribution is -0.117. The fraction of sp³-hybridized carbons (Fsp3) is 0.417. The Kier molecular flexibility index (Phi) is 5.78. The standard InChI is InChI=1S/C12H18N4O2S/c1-7(10(19)3-4-17)12(18)15-6-9-5-14-8(2)16-11(9)13/h5,17,19H,3-4,6H2,1-2H3,(H,15,18)(H2,13,14,16). The molecule has 1 rings (SSSR count). The normalized spacial score (nSPS) is 12.0. The lowest BCUT2D eigenvalue weighted by atomic mass is 10.2. The molecule has 6 nitrogen and oxygen atoms in total. The fourth-order valence-corrected chi connectivity index (χ4v) is 1.58. The number of thiol groups is 1. The van der Waals surface area contributed by atoms with Gasteiger partial charge < -0.3 is 16.2 Å². The number of anilines is 1. The molecule has 7 heteroatoms. The minimum absolute atomic E-state index is 0.0395. The lowest BCUT2D eigenvalue weighted by Gasteiger charge is -2.09. The quantitative estimate of drug-likeness (QED) is 0.467. The number of hydrogen-bond acceptors (Lipinski definition) is 6. The third-order valence-electron chi connectivity index (χ3n) is 2.58. The highest BCUT2D eigenvalue weighted by Gasteiger charge is 2.09. The molecule has 0 aromatic carbocycles. The second kappa shape index (κ2) is 7.10. The molecule has 0 unspecified atom stereocenters. The first kappa shape index (κ1) is 15.5. The van der Waals surface area contributed by atoms with Gasteiger partial charge in [-0.3, -0.25) is 4.79 Å². The summed E-state index contributed by atoms with van der Waals surface area (Å²) in [5.74, 6) is 0.693. The van der Waals surface area contributed by atoms with E-state index in [2.05, 4.69) is 27.9 Å². The molecule has 1 aromatic rings. The van der Waals surface area contributed by atoms with Crippen LogP contribution in [-0.4, -0.2) is 27.6 Å². The van der Waals surface area contributed by atoms with E-state index in [1.807, 2.05) is 0 Å². The molecule has 0 aliphatic heterocycles. The fourth-order valence-electron chi connectivity index (χ4n) is 1.38. The van der Waals surface area contributed by atoms with E-state index >= 15 is 0 Å². The summed E-state index contributed by atoms with van der Waals surface area (Å²) in [7, 11) is 0. The summed E-state index contributed by atoms with van der Waals surface area (Å²) < 4.78 is 0. The summed E-state index contributed by atoms with van der Waals surface area (Å²) >= 11 is 4.17. The first-order valence-corrected chi connectivity index (χ1v) is 6.26. The first-order valence-electron chi connectivity index (χ1n) is 5.81. The maximum Gasteiger partial charge on any atom is 0.247 e. The van der Waals surface area contributed by atoms with Crippen molar-refractivity contribution in [3.05, 3.63) is 28.1 Å². The number of amides is 1. The second-order valence-corrected chi connectivity index (χ2v) is 4.60. The molecule has 1 amide bonds. The van der Waals surface area contributed by atoms with E-state index in [9.17, 15) is 4.79 Å². The van der Waals surface area contributed by atoms with E-state index in [0.29, 0.717) is 34.1 Å². The Morgan fingerprint density at radius 2 is 2.26 bits per heavy atom. The van der Waals surface area contributed by atoms with Crippen LogP contribution in [0.1, 0.15) is 24.7 Å².